The molecule has 0 aromatic rings. The van der Waals surface area contributed by atoms with Crippen LogP contribution in [0.3, 0.4) is 0 Å². The first kappa shape index (κ1) is 16.3. The largest absolute Gasteiger partial charge is 0.376 e. The molecule has 1 aliphatic rings. The molecule has 1 rings (SSSR count). The van der Waals surface area contributed by atoms with Gasteiger partial charge in [0.05, 0.1) is 12.7 Å². The second-order valence-electron chi connectivity index (χ2n) is 2.83. The third-order valence-electron chi connectivity index (χ3n) is 1.82. The SMILES string of the molecule is CC.CC.CN1CCC(OCCN)C1. The summed E-state index contributed by atoms with van der Waals surface area (Å²) in [6.45, 7) is 11.6. The Morgan fingerprint density at radius 1 is 1.29 bits per heavy atom. The summed E-state index contributed by atoms with van der Waals surface area (Å²) < 4.78 is 5.46. The van der Waals surface area contributed by atoms with E-state index >= 15 is 0 Å². The highest BCUT2D eigenvalue weighted by molar-refractivity contribution is 4.72. The number of hydrogen-bond donors (Lipinski definition) is 1. The summed E-state index contributed by atoms with van der Waals surface area (Å²) >= 11 is 0. The van der Waals surface area contributed by atoms with Crippen molar-refractivity contribution in [2.75, 3.05) is 33.3 Å². The second kappa shape index (κ2) is 12.9. The summed E-state index contributed by atoms with van der Waals surface area (Å²) in [6, 6.07) is 0. The van der Waals surface area contributed by atoms with Crippen LogP contribution >= 0.6 is 0 Å². The van der Waals surface area contributed by atoms with Gasteiger partial charge in [0, 0.05) is 19.6 Å². The van der Waals surface area contributed by atoms with E-state index < -0.39 is 0 Å². The van der Waals surface area contributed by atoms with Crippen molar-refractivity contribution in [2.24, 2.45) is 5.73 Å². The van der Waals surface area contributed by atoms with Gasteiger partial charge in [-0.2, -0.15) is 0 Å². The summed E-state index contributed by atoms with van der Waals surface area (Å²) in [4.78, 5) is 2.28. The normalized spacial score (nSPS) is 20.6. The quantitative estimate of drug-likeness (QED) is 0.761. The van der Waals surface area contributed by atoms with E-state index in [-0.39, 0.29) is 0 Å². The summed E-state index contributed by atoms with van der Waals surface area (Å²) in [6.07, 6.45) is 1.60. The Morgan fingerprint density at radius 3 is 2.21 bits per heavy atom. The van der Waals surface area contributed by atoms with Crippen molar-refractivity contribution in [2.45, 2.75) is 40.2 Å². The molecule has 1 atom stereocenters. The average molecular weight is 204 g/mol. The lowest BCUT2D eigenvalue weighted by molar-refractivity contribution is 0.0666. The molecule has 1 saturated heterocycles. The summed E-state index contributed by atoms with van der Waals surface area (Å²) in [5.74, 6) is 0. The minimum Gasteiger partial charge on any atom is -0.376 e. The van der Waals surface area contributed by atoms with E-state index in [0.29, 0.717) is 19.3 Å². The van der Waals surface area contributed by atoms with E-state index in [1.54, 1.807) is 0 Å². The molecule has 3 heteroatoms. The Hall–Kier alpha value is -0.120. The zero-order valence-electron chi connectivity index (χ0n) is 10.5. The Labute approximate surface area is 89.6 Å². The number of nitrogens with zero attached hydrogens (tertiary/aromatic N) is 1. The number of likely N-dealkylation sites (tertiary alicyclic amines) is 1. The Balaban J connectivity index is 0. The molecule has 0 spiro atoms. The van der Waals surface area contributed by atoms with E-state index in [9.17, 15) is 0 Å². The van der Waals surface area contributed by atoms with Crippen LogP contribution in [0.2, 0.25) is 0 Å². The topological polar surface area (TPSA) is 38.5 Å². The van der Waals surface area contributed by atoms with Gasteiger partial charge in [-0.3, -0.25) is 0 Å². The first-order valence-electron chi connectivity index (χ1n) is 5.83. The molecule has 0 amide bonds. The monoisotopic (exact) mass is 204 g/mol. The molecule has 1 fully saturated rings. The molecule has 0 bridgehead atoms. The van der Waals surface area contributed by atoms with Crippen LogP contribution in [0.1, 0.15) is 34.1 Å². The second-order valence-corrected chi connectivity index (χ2v) is 2.83. The van der Waals surface area contributed by atoms with Crippen molar-refractivity contribution in [3.8, 4) is 0 Å². The highest BCUT2D eigenvalue weighted by Gasteiger charge is 2.18. The Bertz CT molecular complexity index is 99.3. The molecule has 0 aliphatic carbocycles. The highest BCUT2D eigenvalue weighted by atomic mass is 16.5. The van der Waals surface area contributed by atoms with Crippen LogP contribution in [0.4, 0.5) is 0 Å². The van der Waals surface area contributed by atoms with E-state index in [1.165, 1.54) is 0 Å². The Kier molecular flexibility index (Phi) is 15.0. The van der Waals surface area contributed by atoms with Crippen LogP contribution < -0.4 is 5.73 Å². The molecule has 0 aromatic heterocycles. The molecule has 1 unspecified atom stereocenters. The third-order valence-corrected chi connectivity index (χ3v) is 1.82. The fraction of sp³-hybridized carbons (Fsp3) is 1.00. The van der Waals surface area contributed by atoms with E-state index in [0.717, 1.165) is 19.5 Å². The predicted octanol–water partition coefficient (Wildman–Crippen LogP) is 1.72. The standard InChI is InChI=1S/C7H16N2O.2C2H6/c1-9-4-2-7(6-9)10-5-3-8;2*1-2/h7H,2-6,8H2,1H3;2*1-2H3. The van der Waals surface area contributed by atoms with Crippen molar-refractivity contribution in [1.82, 2.24) is 4.90 Å². The summed E-state index contributed by atoms with van der Waals surface area (Å²) in [5, 5.41) is 0. The van der Waals surface area contributed by atoms with Gasteiger partial charge >= 0.3 is 0 Å². The highest BCUT2D eigenvalue weighted by Crippen LogP contribution is 2.09. The fourth-order valence-corrected chi connectivity index (χ4v) is 1.27. The van der Waals surface area contributed by atoms with Gasteiger partial charge in [-0.15, -0.1) is 0 Å². The van der Waals surface area contributed by atoms with Crippen molar-refractivity contribution in [3.05, 3.63) is 0 Å². The van der Waals surface area contributed by atoms with Crippen molar-refractivity contribution < 1.29 is 4.74 Å². The Morgan fingerprint density at radius 2 is 1.86 bits per heavy atom. The third kappa shape index (κ3) is 8.48. The molecular weight excluding hydrogens is 176 g/mol. The van der Waals surface area contributed by atoms with Gasteiger partial charge in [0.15, 0.2) is 0 Å². The first-order valence-corrected chi connectivity index (χ1v) is 5.83. The van der Waals surface area contributed by atoms with Crippen LogP contribution in [-0.2, 0) is 4.74 Å². The summed E-state index contributed by atoms with van der Waals surface area (Å²) in [7, 11) is 2.12. The van der Waals surface area contributed by atoms with Crippen molar-refractivity contribution in [1.29, 1.82) is 0 Å². The molecule has 0 aromatic carbocycles. The molecule has 14 heavy (non-hydrogen) atoms. The van der Waals surface area contributed by atoms with Gasteiger partial charge in [-0.1, -0.05) is 27.7 Å². The molecule has 0 radical (unpaired) electrons. The molecule has 88 valence electrons. The van der Waals surface area contributed by atoms with Gasteiger partial charge < -0.3 is 15.4 Å². The van der Waals surface area contributed by atoms with Crippen molar-refractivity contribution >= 4 is 0 Å². The zero-order valence-corrected chi connectivity index (χ0v) is 10.5. The van der Waals surface area contributed by atoms with Gasteiger partial charge in [0.2, 0.25) is 0 Å². The maximum Gasteiger partial charge on any atom is 0.0714 e. The number of rotatable bonds is 3. The van der Waals surface area contributed by atoms with Crippen LogP contribution in [0, 0.1) is 0 Å². The van der Waals surface area contributed by atoms with Gasteiger partial charge in [0.25, 0.3) is 0 Å². The lowest BCUT2D eigenvalue weighted by atomic mass is 10.3. The average Bonchev–Trinajstić information content (AvgIpc) is 2.67. The number of likely N-dealkylation sites (N-methyl/N-ethyl adjacent to an activating group) is 1. The molecule has 1 aliphatic heterocycles. The zero-order chi connectivity index (χ0) is 11.4. The van der Waals surface area contributed by atoms with Crippen LogP contribution in [0.5, 0.6) is 0 Å². The minimum atomic E-state index is 0.438. The number of hydrogen-bond acceptors (Lipinski definition) is 3. The molecule has 3 nitrogen and oxygen atoms in total. The fourth-order valence-electron chi connectivity index (χ4n) is 1.27. The van der Waals surface area contributed by atoms with E-state index in [2.05, 4.69) is 11.9 Å². The van der Waals surface area contributed by atoms with Gasteiger partial charge in [0.1, 0.15) is 0 Å². The van der Waals surface area contributed by atoms with Crippen LogP contribution in [0.15, 0.2) is 0 Å². The maximum absolute atomic E-state index is 5.46. The molecule has 1 heterocycles. The predicted molar refractivity (Wildman–Crippen MR) is 63.6 cm³/mol. The first-order chi connectivity index (χ1) is 6.83. The molecule has 2 N–H and O–H groups in total. The summed E-state index contributed by atoms with van der Waals surface area (Å²) in [5.41, 5.74) is 5.30. The van der Waals surface area contributed by atoms with Crippen molar-refractivity contribution in [3.63, 3.8) is 0 Å². The number of nitrogens with two attached hydrogens (primary N) is 1. The van der Waals surface area contributed by atoms with Gasteiger partial charge in [-0.25, -0.2) is 0 Å². The molecule has 0 saturated carbocycles. The van der Waals surface area contributed by atoms with E-state index in [1.807, 2.05) is 27.7 Å². The number of ether oxygens (including phenoxy) is 1. The van der Waals surface area contributed by atoms with Crippen LogP contribution in [0.25, 0.3) is 0 Å². The lowest BCUT2D eigenvalue weighted by Crippen LogP contribution is -2.21. The smallest absolute Gasteiger partial charge is 0.0714 e. The van der Waals surface area contributed by atoms with E-state index in [4.69, 9.17) is 10.5 Å². The van der Waals surface area contributed by atoms with Gasteiger partial charge in [-0.05, 0) is 13.5 Å². The maximum atomic E-state index is 5.46. The minimum absolute atomic E-state index is 0.438. The van der Waals surface area contributed by atoms with Crippen LogP contribution in [-0.4, -0.2) is 44.3 Å². The molecular formula is C11H28N2O. The lowest BCUT2D eigenvalue weighted by Gasteiger charge is -2.10.